The predicted octanol–water partition coefficient (Wildman–Crippen LogP) is 3.22. The molecule has 0 saturated heterocycles. The van der Waals surface area contributed by atoms with Crippen molar-refractivity contribution in [3.05, 3.63) is 42.1 Å². The van der Waals surface area contributed by atoms with E-state index in [1.54, 1.807) is 0 Å². The Morgan fingerprint density at radius 2 is 1.82 bits per heavy atom. The van der Waals surface area contributed by atoms with Gasteiger partial charge in [0.05, 0.1) is 5.52 Å². The summed E-state index contributed by atoms with van der Waals surface area (Å²) in [6, 6.07) is 11.1. The van der Waals surface area contributed by atoms with Crippen molar-refractivity contribution < 1.29 is 0 Å². The number of aromatic nitrogens is 1. The Kier molecular flexibility index (Phi) is 2.81. The molecule has 2 heteroatoms. The van der Waals surface area contributed by atoms with Gasteiger partial charge in [-0.3, -0.25) is 4.98 Å². The van der Waals surface area contributed by atoms with Gasteiger partial charge in [0, 0.05) is 17.6 Å². The van der Waals surface area contributed by atoms with Crippen molar-refractivity contribution in [3.63, 3.8) is 0 Å². The van der Waals surface area contributed by atoms with Crippen LogP contribution in [-0.2, 0) is 0 Å². The average Bonchev–Trinajstić information content (AvgIpc) is 2.39. The summed E-state index contributed by atoms with van der Waals surface area (Å²) in [4.78, 5) is 4.43. The zero-order valence-corrected chi connectivity index (χ0v) is 9.97. The van der Waals surface area contributed by atoms with Gasteiger partial charge >= 0.3 is 0 Å². The number of nitrogens with two attached hydrogens (primary N) is 1. The van der Waals surface area contributed by atoms with Crippen LogP contribution in [0.2, 0.25) is 0 Å². The molecule has 0 bridgehead atoms. The Hall–Kier alpha value is -1.41. The zero-order chi connectivity index (χ0) is 11.7. The molecule has 1 aliphatic rings. The van der Waals surface area contributed by atoms with E-state index in [1.807, 2.05) is 12.3 Å². The fourth-order valence-corrected chi connectivity index (χ4v) is 2.91. The smallest absolute Gasteiger partial charge is 0.0704 e. The van der Waals surface area contributed by atoms with Crippen molar-refractivity contribution in [3.8, 4) is 0 Å². The number of pyridine rings is 1. The maximum atomic E-state index is 5.98. The number of hydrogen-bond acceptors (Lipinski definition) is 2. The third kappa shape index (κ3) is 2.05. The summed E-state index contributed by atoms with van der Waals surface area (Å²) in [5, 5.41) is 1.32. The van der Waals surface area contributed by atoms with Gasteiger partial charge in [-0.1, -0.05) is 18.2 Å². The van der Waals surface area contributed by atoms with Gasteiger partial charge in [-0.2, -0.15) is 0 Å². The first-order valence-corrected chi connectivity index (χ1v) is 6.44. The van der Waals surface area contributed by atoms with E-state index in [1.165, 1.54) is 23.8 Å². The van der Waals surface area contributed by atoms with Crippen LogP contribution in [0.25, 0.3) is 10.9 Å². The van der Waals surface area contributed by atoms with E-state index < -0.39 is 0 Å². The molecule has 0 radical (unpaired) electrons. The largest absolute Gasteiger partial charge is 0.328 e. The SMILES string of the molecule is NC1CCC(c2cccc3ncccc23)CC1. The summed E-state index contributed by atoms with van der Waals surface area (Å²) in [7, 11) is 0. The van der Waals surface area contributed by atoms with Gasteiger partial charge < -0.3 is 5.73 Å². The molecular weight excluding hydrogens is 208 g/mol. The molecule has 0 spiro atoms. The third-order valence-electron chi connectivity index (χ3n) is 3.89. The van der Waals surface area contributed by atoms with E-state index in [4.69, 9.17) is 5.73 Å². The lowest BCUT2D eigenvalue weighted by Crippen LogP contribution is -2.25. The molecule has 2 nitrogen and oxygen atoms in total. The summed E-state index contributed by atoms with van der Waals surface area (Å²) >= 11 is 0. The van der Waals surface area contributed by atoms with E-state index in [2.05, 4.69) is 29.2 Å². The van der Waals surface area contributed by atoms with Gasteiger partial charge in [0.1, 0.15) is 0 Å². The molecule has 2 N–H and O–H groups in total. The van der Waals surface area contributed by atoms with Crippen LogP contribution in [0.4, 0.5) is 0 Å². The minimum Gasteiger partial charge on any atom is -0.328 e. The summed E-state index contributed by atoms with van der Waals surface area (Å²) < 4.78 is 0. The molecule has 17 heavy (non-hydrogen) atoms. The van der Waals surface area contributed by atoms with E-state index in [0.29, 0.717) is 12.0 Å². The number of hydrogen-bond donors (Lipinski definition) is 1. The average molecular weight is 226 g/mol. The Bertz CT molecular complexity index is 508. The minimum atomic E-state index is 0.416. The fourth-order valence-electron chi connectivity index (χ4n) is 2.91. The van der Waals surface area contributed by atoms with Crippen LogP contribution in [0.15, 0.2) is 36.5 Å². The Labute approximate surface area is 102 Å². The van der Waals surface area contributed by atoms with Crippen LogP contribution in [-0.4, -0.2) is 11.0 Å². The van der Waals surface area contributed by atoms with Gasteiger partial charge in [0.2, 0.25) is 0 Å². The van der Waals surface area contributed by atoms with Crippen molar-refractivity contribution in [1.29, 1.82) is 0 Å². The van der Waals surface area contributed by atoms with E-state index in [9.17, 15) is 0 Å². The Morgan fingerprint density at radius 3 is 2.65 bits per heavy atom. The quantitative estimate of drug-likeness (QED) is 0.811. The van der Waals surface area contributed by atoms with Crippen LogP contribution < -0.4 is 5.73 Å². The Balaban J connectivity index is 2.00. The number of benzene rings is 1. The molecule has 2 aromatic rings. The lowest BCUT2D eigenvalue weighted by molar-refractivity contribution is 0.397. The summed E-state index contributed by atoms with van der Waals surface area (Å²) in [6.07, 6.45) is 6.61. The van der Waals surface area contributed by atoms with Crippen molar-refractivity contribution in [2.45, 2.75) is 37.6 Å². The molecule has 0 unspecified atom stereocenters. The van der Waals surface area contributed by atoms with Crippen molar-refractivity contribution >= 4 is 10.9 Å². The molecule has 1 fully saturated rings. The molecule has 3 rings (SSSR count). The van der Waals surface area contributed by atoms with Crippen LogP contribution >= 0.6 is 0 Å². The predicted molar refractivity (Wildman–Crippen MR) is 70.9 cm³/mol. The minimum absolute atomic E-state index is 0.416. The third-order valence-corrected chi connectivity index (χ3v) is 3.89. The lowest BCUT2D eigenvalue weighted by atomic mass is 9.81. The van der Waals surface area contributed by atoms with Crippen molar-refractivity contribution in [1.82, 2.24) is 4.98 Å². The number of rotatable bonds is 1. The van der Waals surface area contributed by atoms with Crippen LogP contribution in [0.3, 0.4) is 0 Å². The van der Waals surface area contributed by atoms with E-state index in [-0.39, 0.29) is 0 Å². The topological polar surface area (TPSA) is 38.9 Å². The monoisotopic (exact) mass is 226 g/mol. The molecular formula is C15H18N2. The zero-order valence-electron chi connectivity index (χ0n) is 9.97. The first kappa shape index (κ1) is 10.7. The molecule has 1 saturated carbocycles. The molecule has 0 aliphatic heterocycles. The van der Waals surface area contributed by atoms with Gasteiger partial charge in [-0.05, 0) is 49.3 Å². The van der Waals surface area contributed by atoms with Crippen LogP contribution in [0.5, 0.6) is 0 Å². The van der Waals surface area contributed by atoms with E-state index in [0.717, 1.165) is 18.4 Å². The summed E-state index contributed by atoms with van der Waals surface area (Å²) in [5.74, 6) is 0.669. The highest BCUT2D eigenvalue weighted by Gasteiger charge is 2.21. The van der Waals surface area contributed by atoms with Crippen molar-refractivity contribution in [2.24, 2.45) is 5.73 Å². The lowest BCUT2D eigenvalue weighted by Gasteiger charge is -2.27. The first-order valence-electron chi connectivity index (χ1n) is 6.44. The van der Waals surface area contributed by atoms with Crippen molar-refractivity contribution in [2.75, 3.05) is 0 Å². The maximum absolute atomic E-state index is 5.98. The second-order valence-corrected chi connectivity index (χ2v) is 5.03. The number of fused-ring (bicyclic) bond motifs is 1. The molecule has 0 amide bonds. The normalized spacial score (nSPS) is 25.0. The second-order valence-electron chi connectivity index (χ2n) is 5.03. The highest BCUT2D eigenvalue weighted by Crippen LogP contribution is 2.35. The summed E-state index contributed by atoms with van der Waals surface area (Å²) in [6.45, 7) is 0. The fraction of sp³-hybridized carbons (Fsp3) is 0.400. The van der Waals surface area contributed by atoms with Crippen LogP contribution in [0.1, 0.15) is 37.2 Å². The second kappa shape index (κ2) is 4.46. The molecule has 88 valence electrons. The van der Waals surface area contributed by atoms with Gasteiger partial charge in [0.15, 0.2) is 0 Å². The molecule has 1 heterocycles. The molecule has 1 aromatic carbocycles. The first-order chi connectivity index (χ1) is 8.34. The molecule has 1 aromatic heterocycles. The van der Waals surface area contributed by atoms with Gasteiger partial charge in [0.25, 0.3) is 0 Å². The standard InChI is InChI=1S/C15H18N2/c16-12-8-6-11(7-9-12)13-3-1-5-15-14(13)4-2-10-17-15/h1-5,10-12H,6-9,16H2. The Morgan fingerprint density at radius 1 is 1.00 bits per heavy atom. The molecule has 1 aliphatic carbocycles. The number of nitrogens with zero attached hydrogens (tertiary/aromatic N) is 1. The maximum Gasteiger partial charge on any atom is 0.0704 e. The molecule has 0 atom stereocenters. The van der Waals surface area contributed by atoms with Gasteiger partial charge in [-0.25, -0.2) is 0 Å². The van der Waals surface area contributed by atoms with Crippen LogP contribution in [0, 0.1) is 0 Å². The highest BCUT2D eigenvalue weighted by molar-refractivity contribution is 5.82. The summed E-state index contributed by atoms with van der Waals surface area (Å²) in [5.41, 5.74) is 8.55. The highest BCUT2D eigenvalue weighted by atomic mass is 14.6. The van der Waals surface area contributed by atoms with E-state index >= 15 is 0 Å². The van der Waals surface area contributed by atoms with Gasteiger partial charge in [-0.15, -0.1) is 0 Å².